The summed E-state index contributed by atoms with van der Waals surface area (Å²) in [6.45, 7) is 8.25. The fourth-order valence-corrected chi connectivity index (χ4v) is 4.05. The maximum absolute atomic E-state index is 11.8. The number of carbonyl (C=O) groups is 1. The Morgan fingerprint density at radius 2 is 1.82 bits per heavy atom. The monoisotopic (exact) mass is 403 g/mol. The Morgan fingerprint density at radius 1 is 1.14 bits per heavy atom. The van der Waals surface area contributed by atoms with E-state index in [9.17, 15) is 18.3 Å². The van der Waals surface area contributed by atoms with Crippen molar-refractivity contribution in [1.82, 2.24) is 5.32 Å². The summed E-state index contributed by atoms with van der Waals surface area (Å²) >= 11 is 0. The smallest absolute Gasteiger partial charge is 0.336 e. The van der Waals surface area contributed by atoms with Crippen LogP contribution in [-0.2, 0) is 14.3 Å². The van der Waals surface area contributed by atoms with E-state index in [4.69, 9.17) is 4.18 Å². The van der Waals surface area contributed by atoms with Crippen LogP contribution in [0, 0.1) is 6.92 Å². The molecule has 0 bridgehead atoms. The molecule has 6 nitrogen and oxygen atoms in total. The SMILES string of the molecule is Cc1ccc(C(=O)O)c2c1-c1cc(C(CNC(C)(C)C)OS(C)(=O)=O)ccc1-2. The molecule has 1 unspecified atom stereocenters. The van der Waals surface area contributed by atoms with Crippen LogP contribution in [0.25, 0.3) is 22.3 Å². The number of carboxylic acids is 1. The highest BCUT2D eigenvalue weighted by Crippen LogP contribution is 2.51. The van der Waals surface area contributed by atoms with Crippen molar-refractivity contribution in [2.45, 2.75) is 39.3 Å². The summed E-state index contributed by atoms with van der Waals surface area (Å²) < 4.78 is 28.9. The number of hydrogen-bond donors (Lipinski definition) is 2. The van der Waals surface area contributed by atoms with Gasteiger partial charge >= 0.3 is 5.97 Å². The normalized spacial score (nSPS) is 14.0. The molecule has 2 aromatic carbocycles. The predicted octanol–water partition coefficient (Wildman–Crippen LogP) is 3.75. The summed E-state index contributed by atoms with van der Waals surface area (Å²) in [6, 6.07) is 8.96. The lowest BCUT2D eigenvalue weighted by molar-refractivity contribution is 0.0697. The Kier molecular flexibility index (Phi) is 5.12. The molecule has 1 aliphatic carbocycles. The van der Waals surface area contributed by atoms with Crippen LogP contribution in [0.4, 0.5) is 0 Å². The first-order chi connectivity index (χ1) is 12.9. The highest BCUT2D eigenvalue weighted by atomic mass is 32.2. The summed E-state index contributed by atoms with van der Waals surface area (Å²) in [6.07, 6.45) is 0.364. The second-order valence-corrected chi connectivity index (χ2v) is 9.81. The molecule has 1 atom stereocenters. The Morgan fingerprint density at radius 3 is 2.39 bits per heavy atom. The van der Waals surface area contributed by atoms with E-state index >= 15 is 0 Å². The molecular formula is C21H25NO5S. The van der Waals surface area contributed by atoms with E-state index in [1.165, 1.54) is 0 Å². The number of aryl methyl sites for hydroxylation is 1. The highest BCUT2D eigenvalue weighted by Gasteiger charge is 2.31. The average Bonchev–Trinajstić information content (AvgIpc) is 2.53. The topological polar surface area (TPSA) is 92.7 Å². The van der Waals surface area contributed by atoms with E-state index in [-0.39, 0.29) is 11.1 Å². The number of benzene rings is 2. The van der Waals surface area contributed by atoms with E-state index < -0.39 is 22.2 Å². The average molecular weight is 404 g/mol. The van der Waals surface area contributed by atoms with Crippen LogP contribution in [0.15, 0.2) is 30.3 Å². The third kappa shape index (κ3) is 4.11. The largest absolute Gasteiger partial charge is 0.478 e. The number of rotatable bonds is 6. The molecule has 0 radical (unpaired) electrons. The first-order valence-electron chi connectivity index (χ1n) is 9.02. The molecule has 0 aromatic heterocycles. The zero-order chi connectivity index (χ0) is 20.9. The number of nitrogens with one attached hydrogen (secondary N) is 1. The molecule has 0 spiro atoms. The minimum Gasteiger partial charge on any atom is -0.478 e. The van der Waals surface area contributed by atoms with Gasteiger partial charge in [-0.3, -0.25) is 4.18 Å². The van der Waals surface area contributed by atoms with Crippen LogP contribution in [0.1, 0.15) is 48.4 Å². The van der Waals surface area contributed by atoms with Crippen molar-refractivity contribution in [2.75, 3.05) is 12.8 Å². The van der Waals surface area contributed by atoms with Crippen molar-refractivity contribution in [3.05, 3.63) is 47.0 Å². The van der Waals surface area contributed by atoms with E-state index in [0.717, 1.165) is 39.6 Å². The van der Waals surface area contributed by atoms with E-state index in [2.05, 4.69) is 5.32 Å². The lowest BCUT2D eigenvalue weighted by Gasteiger charge is -2.30. The molecule has 7 heteroatoms. The maximum Gasteiger partial charge on any atom is 0.336 e. The Labute approximate surface area is 165 Å². The summed E-state index contributed by atoms with van der Waals surface area (Å²) in [4.78, 5) is 11.5. The van der Waals surface area contributed by atoms with Crippen LogP contribution in [0.3, 0.4) is 0 Å². The number of aromatic carboxylic acids is 1. The van der Waals surface area contributed by atoms with Crippen molar-refractivity contribution in [2.24, 2.45) is 0 Å². The Hall–Kier alpha value is -2.22. The van der Waals surface area contributed by atoms with Gasteiger partial charge < -0.3 is 10.4 Å². The molecule has 0 amide bonds. The quantitative estimate of drug-likeness (QED) is 0.609. The third-order valence-electron chi connectivity index (χ3n) is 4.71. The second-order valence-electron chi connectivity index (χ2n) is 8.21. The van der Waals surface area contributed by atoms with Gasteiger partial charge in [0.1, 0.15) is 6.10 Å². The lowest BCUT2D eigenvalue weighted by Crippen LogP contribution is -2.39. The van der Waals surface area contributed by atoms with Gasteiger partial charge in [0.05, 0.1) is 11.8 Å². The zero-order valence-corrected chi connectivity index (χ0v) is 17.5. The van der Waals surface area contributed by atoms with Gasteiger partial charge in [0.2, 0.25) is 0 Å². The Balaban J connectivity index is 2.01. The molecule has 0 saturated carbocycles. The third-order valence-corrected chi connectivity index (χ3v) is 5.29. The van der Waals surface area contributed by atoms with Crippen LogP contribution in [0.2, 0.25) is 0 Å². The van der Waals surface area contributed by atoms with Crippen molar-refractivity contribution < 1.29 is 22.5 Å². The highest BCUT2D eigenvalue weighted by molar-refractivity contribution is 7.86. The van der Waals surface area contributed by atoms with Gasteiger partial charge in [-0.25, -0.2) is 4.79 Å². The van der Waals surface area contributed by atoms with E-state index in [1.54, 1.807) is 18.2 Å². The molecule has 0 aliphatic heterocycles. The van der Waals surface area contributed by atoms with Gasteiger partial charge in [0, 0.05) is 17.6 Å². The van der Waals surface area contributed by atoms with Crippen LogP contribution in [-0.4, -0.2) is 37.8 Å². The molecule has 28 heavy (non-hydrogen) atoms. The van der Waals surface area contributed by atoms with Crippen LogP contribution in [0.5, 0.6) is 0 Å². The maximum atomic E-state index is 11.8. The van der Waals surface area contributed by atoms with Crippen LogP contribution < -0.4 is 5.32 Å². The molecule has 3 rings (SSSR count). The van der Waals surface area contributed by atoms with E-state index in [0.29, 0.717) is 6.54 Å². The first kappa shape index (κ1) is 20.5. The molecule has 2 aromatic rings. The summed E-state index contributed by atoms with van der Waals surface area (Å²) in [5, 5.41) is 12.7. The van der Waals surface area contributed by atoms with Gasteiger partial charge in [0.25, 0.3) is 10.1 Å². The van der Waals surface area contributed by atoms with Gasteiger partial charge in [-0.05, 0) is 67.6 Å². The fourth-order valence-electron chi connectivity index (χ4n) is 3.45. The molecule has 0 heterocycles. The summed E-state index contributed by atoms with van der Waals surface area (Å²) in [7, 11) is -3.65. The zero-order valence-electron chi connectivity index (χ0n) is 16.7. The molecule has 0 saturated heterocycles. The standard InChI is InChI=1S/C21H25NO5S/c1-12-6-8-15(20(23)24)19-14-9-7-13(10-16(14)18(12)19)17(27-28(5,25)26)11-22-21(2,3)4/h6-10,17,22H,11H2,1-5H3,(H,23,24). The van der Waals surface area contributed by atoms with Gasteiger partial charge in [0.15, 0.2) is 0 Å². The first-order valence-corrected chi connectivity index (χ1v) is 10.8. The molecular weight excluding hydrogens is 378 g/mol. The second kappa shape index (κ2) is 6.99. The fraction of sp³-hybridized carbons (Fsp3) is 0.381. The minimum atomic E-state index is -3.65. The molecule has 0 fully saturated rings. The number of fused-ring (bicyclic) bond motifs is 4. The van der Waals surface area contributed by atoms with Crippen molar-refractivity contribution in [3.63, 3.8) is 0 Å². The Bertz CT molecular complexity index is 1050. The van der Waals surface area contributed by atoms with Crippen LogP contribution >= 0.6 is 0 Å². The number of hydrogen-bond acceptors (Lipinski definition) is 5. The van der Waals surface area contributed by atoms with Crippen molar-refractivity contribution >= 4 is 16.1 Å². The molecule has 2 N–H and O–H groups in total. The summed E-state index contributed by atoms with van der Waals surface area (Å²) in [5.74, 6) is -0.960. The summed E-state index contributed by atoms with van der Waals surface area (Å²) in [5.41, 5.74) is 5.22. The molecule has 1 aliphatic rings. The lowest BCUT2D eigenvalue weighted by atomic mass is 9.75. The van der Waals surface area contributed by atoms with E-state index in [1.807, 2.05) is 39.8 Å². The van der Waals surface area contributed by atoms with Gasteiger partial charge in [-0.1, -0.05) is 18.2 Å². The van der Waals surface area contributed by atoms with Crippen molar-refractivity contribution in [3.8, 4) is 22.3 Å². The minimum absolute atomic E-state index is 0.196. The van der Waals surface area contributed by atoms with Gasteiger partial charge in [-0.2, -0.15) is 8.42 Å². The predicted molar refractivity (Wildman–Crippen MR) is 109 cm³/mol. The number of carboxylic acid groups (broad SMARTS) is 1. The van der Waals surface area contributed by atoms with Gasteiger partial charge in [-0.15, -0.1) is 0 Å². The molecule has 150 valence electrons. The van der Waals surface area contributed by atoms with Crippen molar-refractivity contribution in [1.29, 1.82) is 0 Å².